The molecule has 20 heavy (non-hydrogen) atoms. The first kappa shape index (κ1) is 16.6. The Morgan fingerprint density at radius 2 is 1.65 bits per heavy atom. The molecule has 5 heteroatoms. The molecule has 2 N–H and O–H groups in total. The molecule has 110 valence electrons. The summed E-state index contributed by atoms with van der Waals surface area (Å²) in [7, 11) is 1.63. The Labute approximate surface area is 120 Å². The molecule has 0 saturated carbocycles. The fraction of sp³-hybridized carbons (Fsp3) is 0.533. The van der Waals surface area contributed by atoms with Gasteiger partial charge in [-0.25, -0.2) is 0 Å². The van der Waals surface area contributed by atoms with Gasteiger partial charge in [0.05, 0.1) is 32.5 Å². The van der Waals surface area contributed by atoms with Crippen LogP contribution < -0.4 is 5.73 Å². The molecule has 0 aliphatic heterocycles. The molecule has 0 fully saturated rings. The predicted molar refractivity (Wildman–Crippen MR) is 76.1 cm³/mol. The molecule has 1 aromatic rings. The minimum Gasteiger partial charge on any atom is -0.382 e. The van der Waals surface area contributed by atoms with Gasteiger partial charge < -0.3 is 19.9 Å². The van der Waals surface area contributed by atoms with Gasteiger partial charge in [0.2, 0.25) is 0 Å². The van der Waals surface area contributed by atoms with E-state index in [1.165, 1.54) is 0 Å². The third-order valence-corrected chi connectivity index (χ3v) is 2.93. The number of nitrogens with two attached hydrogens (primary N) is 1. The lowest BCUT2D eigenvalue weighted by Gasteiger charge is -2.21. The lowest BCUT2D eigenvalue weighted by Crippen LogP contribution is -2.36. The van der Waals surface area contributed by atoms with Gasteiger partial charge in [0, 0.05) is 20.1 Å². The smallest absolute Gasteiger partial charge is 0.132 e. The van der Waals surface area contributed by atoms with Crippen molar-refractivity contribution in [3.63, 3.8) is 0 Å². The van der Waals surface area contributed by atoms with Gasteiger partial charge in [-0.05, 0) is 5.56 Å². The summed E-state index contributed by atoms with van der Waals surface area (Å²) in [5.74, 6) is 0. The molecule has 0 aromatic heterocycles. The lowest BCUT2D eigenvalue weighted by molar-refractivity contribution is 0.0220. The van der Waals surface area contributed by atoms with Crippen molar-refractivity contribution >= 4 is 0 Å². The van der Waals surface area contributed by atoms with Crippen LogP contribution in [0.2, 0.25) is 0 Å². The van der Waals surface area contributed by atoms with Crippen LogP contribution in [0.15, 0.2) is 30.3 Å². The van der Waals surface area contributed by atoms with E-state index in [1.54, 1.807) is 7.11 Å². The summed E-state index contributed by atoms with van der Waals surface area (Å²) in [5, 5.41) is 9.27. The molecule has 0 aliphatic carbocycles. The molecule has 0 heterocycles. The molecule has 0 saturated heterocycles. The SMILES string of the molecule is COCCOCCOCCC(N)(C#N)c1ccccc1. The summed E-state index contributed by atoms with van der Waals surface area (Å²) < 4.78 is 15.6. The molecule has 1 unspecified atom stereocenters. The maximum absolute atomic E-state index is 9.27. The molecule has 1 aromatic carbocycles. The number of ether oxygens (including phenoxy) is 3. The number of nitriles is 1. The van der Waals surface area contributed by atoms with Gasteiger partial charge in [-0.2, -0.15) is 5.26 Å². The molecular formula is C15H22N2O3. The minimum absolute atomic E-state index is 0.423. The van der Waals surface area contributed by atoms with Crippen LogP contribution in [0.5, 0.6) is 0 Å². The minimum atomic E-state index is -1.00. The Bertz CT molecular complexity index is 405. The zero-order valence-corrected chi connectivity index (χ0v) is 11.9. The van der Waals surface area contributed by atoms with E-state index in [0.717, 1.165) is 5.56 Å². The summed E-state index contributed by atoms with van der Waals surface area (Å²) in [6.45, 7) is 2.56. The van der Waals surface area contributed by atoms with Crippen LogP contribution in [-0.2, 0) is 19.7 Å². The quantitative estimate of drug-likeness (QED) is 0.655. The molecule has 1 atom stereocenters. The number of nitrogens with zero attached hydrogens (tertiary/aromatic N) is 1. The second-order valence-electron chi connectivity index (χ2n) is 4.42. The van der Waals surface area contributed by atoms with E-state index in [1.807, 2.05) is 30.3 Å². The molecule has 0 aliphatic rings. The van der Waals surface area contributed by atoms with Crippen molar-refractivity contribution in [2.75, 3.05) is 40.1 Å². The standard InChI is InChI=1S/C15H22N2O3/c1-18-9-10-20-12-11-19-8-7-15(17,13-16)14-5-3-2-4-6-14/h2-6H,7-12,17H2,1H3. The molecular weight excluding hydrogens is 256 g/mol. The van der Waals surface area contributed by atoms with E-state index < -0.39 is 5.54 Å². The van der Waals surface area contributed by atoms with Crippen LogP contribution >= 0.6 is 0 Å². The van der Waals surface area contributed by atoms with E-state index in [9.17, 15) is 5.26 Å². The predicted octanol–water partition coefficient (Wildman–Crippen LogP) is 1.43. The number of rotatable bonds is 10. The van der Waals surface area contributed by atoms with Gasteiger partial charge in [-0.15, -0.1) is 0 Å². The molecule has 0 amide bonds. The van der Waals surface area contributed by atoms with Crippen LogP contribution in [0, 0.1) is 11.3 Å². The number of benzene rings is 1. The van der Waals surface area contributed by atoms with Crippen LogP contribution in [0.3, 0.4) is 0 Å². The van der Waals surface area contributed by atoms with Crippen molar-refractivity contribution in [1.82, 2.24) is 0 Å². The lowest BCUT2D eigenvalue weighted by atomic mass is 9.89. The third-order valence-electron chi connectivity index (χ3n) is 2.93. The van der Waals surface area contributed by atoms with Crippen LogP contribution in [0.4, 0.5) is 0 Å². The molecule has 0 spiro atoms. The van der Waals surface area contributed by atoms with Crippen LogP contribution in [-0.4, -0.2) is 40.1 Å². The van der Waals surface area contributed by atoms with E-state index >= 15 is 0 Å². The molecule has 1 rings (SSSR count). The second-order valence-corrected chi connectivity index (χ2v) is 4.42. The maximum atomic E-state index is 9.27. The molecule has 0 radical (unpaired) electrons. The highest BCUT2D eigenvalue weighted by Gasteiger charge is 2.26. The fourth-order valence-electron chi connectivity index (χ4n) is 1.70. The van der Waals surface area contributed by atoms with Gasteiger partial charge >= 0.3 is 0 Å². The zero-order chi connectivity index (χ0) is 14.7. The second kappa shape index (κ2) is 9.45. The Morgan fingerprint density at radius 3 is 2.25 bits per heavy atom. The summed E-state index contributed by atoms with van der Waals surface area (Å²) in [6, 6.07) is 11.5. The first-order valence-electron chi connectivity index (χ1n) is 6.63. The topological polar surface area (TPSA) is 77.5 Å². The Hall–Kier alpha value is -1.45. The summed E-state index contributed by atoms with van der Waals surface area (Å²) in [4.78, 5) is 0. The zero-order valence-electron chi connectivity index (χ0n) is 11.9. The average molecular weight is 278 g/mol. The first-order valence-corrected chi connectivity index (χ1v) is 6.63. The monoisotopic (exact) mass is 278 g/mol. The van der Waals surface area contributed by atoms with Crippen LogP contribution in [0.1, 0.15) is 12.0 Å². The molecule has 5 nitrogen and oxygen atoms in total. The van der Waals surface area contributed by atoms with E-state index in [-0.39, 0.29) is 0 Å². The van der Waals surface area contributed by atoms with Crippen molar-refractivity contribution in [2.45, 2.75) is 12.0 Å². The van der Waals surface area contributed by atoms with Crippen molar-refractivity contribution in [3.8, 4) is 6.07 Å². The van der Waals surface area contributed by atoms with Gasteiger partial charge in [-0.3, -0.25) is 0 Å². The highest BCUT2D eigenvalue weighted by molar-refractivity contribution is 5.30. The number of hydrogen-bond donors (Lipinski definition) is 1. The van der Waals surface area contributed by atoms with E-state index in [2.05, 4.69) is 6.07 Å². The van der Waals surface area contributed by atoms with Crippen molar-refractivity contribution in [3.05, 3.63) is 35.9 Å². The highest BCUT2D eigenvalue weighted by Crippen LogP contribution is 2.20. The van der Waals surface area contributed by atoms with Gasteiger partial charge in [-0.1, -0.05) is 30.3 Å². The summed E-state index contributed by atoms with van der Waals surface area (Å²) >= 11 is 0. The van der Waals surface area contributed by atoms with Crippen LogP contribution in [0.25, 0.3) is 0 Å². The fourth-order valence-corrected chi connectivity index (χ4v) is 1.70. The van der Waals surface area contributed by atoms with Crippen molar-refractivity contribution in [2.24, 2.45) is 5.73 Å². The van der Waals surface area contributed by atoms with Crippen molar-refractivity contribution < 1.29 is 14.2 Å². The van der Waals surface area contributed by atoms with Gasteiger partial charge in [0.15, 0.2) is 0 Å². The number of hydrogen-bond acceptors (Lipinski definition) is 5. The van der Waals surface area contributed by atoms with E-state index in [4.69, 9.17) is 19.9 Å². The third kappa shape index (κ3) is 5.68. The van der Waals surface area contributed by atoms with Gasteiger partial charge in [0.25, 0.3) is 0 Å². The largest absolute Gasteiger partial charge is 0.382 e. The Balaban J connectivity index is 2.24. The van der Waals surface area contributed by atoms with E-state index in [0.29, 0.717) is 39.5 Å². The first-order chi connectivity index (χ1) is 9.73. The summed E-state index contributed by atoms with van der Waals surface area (Å²) in [6.07, 6.45) is 0.450. The number of methoxy groups -OCH3 is 1. The molecule has 0 bridgehead atoms. The summed E-state index contributed by atoms with van der Waals surface area (Å²) in [5.41, 5.74) is 5.92. The normalized spacial score (nSPS) is 13.7. The Kier molecular flexibility index (Phi) is 7.85. The van der Waals surface area contributed by atoms with Crippen molar-refractivity contribution in [1.29, 1.82) is 5.26 Å². The Morgan fingerprint density at radius 1 is 1.05 bits per heavy atom. The van der Waals surface area contributed by atoms with Gasteiger partial charge in [0.1, 0.15) is 5.54 Å². The average Bonchev–Trinajstić information content (AvgIpc) is 2.50. The highest BCUT2D eigenvalue weighted by atomic mass is 16.5. The maximum Gasteiger partial charge on any atom is 0.132 e.